The normalized spacial score (nSPS) is 11.1. The zero-order valence-corrected chi connectivity index (χ0v) is 11.6. The third-order valence-electron chi connectivity index (χ3n) is 2.15. The molecule has 0 aromatic heterocycles. The van der Waals surface area contributed by atoms with Crippen molar-refractivity contribution in [1.82, 2.24) is 5.32 Å². The van der Waals surface area contributed by atoms with Gasteiger partial charge in [0.1, 0.15) is 0 Å². The van der Waals surface area contributed by atoms with Gasteiger partial charge in [0.05, 0.1) is 16.7 Å². The Labute approximate surface area is 112 Å². The highest BCUT2D eigenvalue weighted by molar-refractivity contribution is 6.42. The number of hydrogen-bond donors (Lipinski definition) is 2. The average molecular weight is 285 g/mol. The van der Waals surface area contributed by atoms with Crippen LogP contribution in [0.1, 0.15) is 19.4 Å². The lowest BCUT2D eigenvalue weighted by atomic mass is 10.1. The van der Waals surface area contributed by atoms with Gasteiger partial charge in [0.2, 0.25) is 0 Å². The molecular weight excluding hydrogens is 268 g/mol. The monoisotopic (exact) mass is 283 g/mol. The van der Waals surface area contributed by atoms with E-state index >= 15 is 0 Å². The van der Waals surface area contributed by atoms with E-state index in [1.54, 1.807) is 6.07 Å². The number of benzene rings is 1. The van der Waals surface area contributed by atoms with E-state index in [-0.39, 0.29) is 24.6 Å². The maximum atomic E-state index is 9.06. The summed E-state index contributed by atoms with van der Waals surface area (Å²) in [5.74, 6) is 0. The van der Waals surface area contributed by atoms with E-state index in [2.05, 4.69) is 5.32 Å². The second-order valence-corrected chi connectivity index (χ2v) is 4.96. The van der Waals surface area contributed by atoms with E-state index in [0.717, 1.165) is 5.56 Å². The van der Waals surface area contributed by atoms with Crippen LogP contribution in [-0.4, -0.2) is 17.3 Å². The molecule has 2 nitrogen and oxygen atoms in total. The SMILES string of the molecule is CC(C)(CO)NCc1ccc(Cl)c(Cl)c1.Cl. The van der Waals surface area contributed by atoms with E-state index in [0.29, 0.717) is 16.6 Å². The van der Waals surface area contributed by atoms with Gasteiger partial charge in [-0.1, -0.05) is 29.3 Å². The minimum Gasteiger partial charge on any atom is -0.394 e. The molecule has 2 N–H and O–H groups in total. The fourth-order valence-corrected chi connectivity index (χ4v) is 1.37. The van der Waals surface area contributed by atoms with Gasteiger partial charge in [-0.2, -0.15) is 0 Å². The van der Waals surface area contributed by atoms with Crippen LogP contribution in [0, 0.1) is 0 Å². The summed E-state index contributed by atoms with van der Waals surface area (Å²) in [6, 6.07) is 5.51. The first-order valence-electron chi connectivity index (χ1n) is 4.74. The summed E-state index contributed by atoms with van der Waals surface area (Å²) < 4.78 is 0. The minimum absolute atomic E-state index is 0. The predicted molar refractivity (Wildman–Crippen MR) is 71.7 cm³/mol. The van der Waals surface area contributed by atoms with Crippen LogP contribution in [-0.2, 0) is 6.54 Å². The van der Waals surface area contributed by atoms with Crippen LogP contribution in [0.25, 0.3) is 0 Å². The maximum absolute atomic E-state index is 9.06. The Morgan fingerprint density at radius 1 is 1.25 bits per heavy atom. The van der Waals surface area contributed by atoms with Gasteiger partial charge >= 0.3 is 0 Å². The van der Waals surface area contributed by atoms with Gasteiger partial charge in [0, 0.05) is 12.1 Å². The smallest absolute Gasteiger partial charge is 0.0607 e. The molecule has 0 spiro atoms. The summed E-state index contributed by atoms with van der Waals surface area (Å²) >= 11 is 11.7. The van der Waals surface area contributed by atoms with Crippen molar-refractivity contribution in [2.24, 2.45) is 0 Å². The predicted octanol–water partition coefficient (Wildman–Crippen LogP) is 3.28. The van der Waals surface area contributed by atoms with Crippen LogP contribution >= 0.6 is 35.6 Å². The van der Waals surface area contributed by atoms with Crippen LogP contribution in [0.3, 0.4) is 0 Å². The fraction of sp³-hybridized carbons (Fsp3) is 0.455. The molecular formula is C11H16Cl3NO. The van der Waals surface area contributed by atoms with Gasteiger partial charge in [-0.15, -0.1) is 12.4 Å². The van der Waals surface area contributed by atoms with Crippen molar-refractivity contribution in [3.8, 4) is 0 Å². The highest BCUT2D eigenvalue weighted by atomic mass is 35.5. The summed E-state index contributed by atoms with van der Waals surface area (Å²) in [7, 11) is 0. The third-order valence-corrected chi connectivity index (χ3v) is 2.89. The van der Waals surface area contributed by atoms with Gasteiger partial charge in [0.15, 0.2) is 0 Å². The van der Waals surface area contributed by atoms with Gasteiger partial charge < -0.3 is 10.4 Å². The molecule has 5 heteroatoms. The lowest BCUT2D eigenvalue weighted by Crippen LogP contribution is -2.42. The number of hydrogen-bond acceptors (Lipinski definition) is 2. The number of nitrogens with one attached hydrogen (secondary N) is 1. The van der Waals surface area contributed by atoms with E-state index < -0.39 is 0 Å². The number of aliphatic hydroxyl groups is 1. The zero-order valence-electron chi connectivity index (χ0n) is 9.26. The Morgan fingerprint density at radius 3 is 2.38 bits per heavy atom. The molecule has 0 saturated carbocycles. The largest absolute Gasteiger partial charge is 0.394 e. The molecule has 0 unspecified atom stereocenters. The van der Waals surface area contributed by atoms with Crippen molar-refractivity contribution < 1.29 is 5.11 Å². The molecule has 16 heavy (non-hydrogen) atoms. The number of halogens is 3. The Balaban J connectivity index is 0.00000225. The standard InChI is InChI=1S/C11H15Cl2NO.ClH/c1-11(2,7-15)14-6-8-3-4-9(12)10(13)5-8;/h3-5,14-15H,6-7H2,1-2H3;1H. The summed E-state index contributed by atoms with van der Waals surface area (Å²) in [6.07, 6.45) is 0. The van der Waals surface area contributed by atoms with Crippen molar-refractivity contribution in [3.05, 3.63) is 33.8 Å². The van der Waals surface area contributed by atoms with Crippen molar-refractivity contribution in [1.29, 1.82) is 0 Å². The van der Waals surface area contributed by atoms with E-state index in [4.69, 9.17) is 28.3 Å². The van der Waals surface area contributed by atoms with Crippen molar-refractivity contribution in [2.75, 3.05) is 6.61 Å². The molecule has 0 heterocycles. The summed E-state index contributed by atoms with van der Waals surface area (Å²) in [6.45, 7) is 4.62. The van der Waals surface area contributed by atoms with Crippen LogP contribution < -0.4 is 5.32 Å². The molecule has 0 radical (unpaired) electrons. The molecule has 0 amide bonds. The van der Waals surface area contributed by atoms with E-state index in [1.807, 2.05) is 26.0 Å². The second-order valence-electron chi connectivity index (χ2n) is 4.14. The molecule has 1 aromatic carbocycles. The topological polar surface area (TPSA) is 32.3 Å². The van der Waals surface area contributed by atoms with Crippen LogP contribution in [0.5, 0.6) is 0 Å². The molecule has 92 valence electrons. The maximum Gasteiger partial charge on any atom is 0.0607 e. The van der Waals surface area contributed by atoms with E-state index in [1.165, 1.54) is 0 Å². The molecule has 1 aromatic rings. The number of aliphatic hydroxyl groups excluding tert-OH is 1. The molecule has 0 atom stereocenters. The third kappa shape index (κ3) is 4.89. The van der Waals surface area contributed by atoms with Crippen LogP contribution in [0.2, 0.25) is 10.0 Å². The Kier molecular flexibility index (Phi) is 6.68. The molecule has 0 aliphatic carbocycles. The van der Waals surface area contributed by atoms with Crippen LogP contribution in [0.4, 0.5) is 0 Å². The van der Waals surface area contributed by atoms with Gasteiger partial charge in [-0.25, -0.2) is 0 Å². The molecule has 0 fully saturated rings. The fourth-order valence-electron chi connectivity index (χ4n) is 1.05. The molecule has 1 rings (SSSR count). The van der Waals surface area contributed by atoms with Gasteiger partial charge in [-0.05, 0) is 31.5 Å². The highest BCUT2D eigenvalue weighted by Gasteiger charge is 2.14. The quantitative estimate of drug-likeness (QED) is 0.889. The first-order chi connectivity index (χ1) is 6.94. The van der Waals surface area contributed by atoms with Gasteiger partial charge in [0.25, 0.3) is 0 Å². The lowest BCUT2D eigenvalue weighted by molar-refractivity contribution is 0.187. The minimum atomic E-state index is -0.286. The summed E-state index contributed by atoms with van der Waals surface area (Å²) in [5.41, 5.74) is 0.762. The average Bonchev–Trinajstić information content (AvgIpc) is 2.20. The van der Waals surface area contributed by atoms with Crippen molar-refractivity contribution in [2.45, 2.75) is 25.9 Å². The Morgan fingerprint density at radius 2 is 1.88 bits per heavy atom. The highest BCUT2D eigenvalue weighted by Crippen LogP contribution is 2.22. The second kappa shape index (κ2) is 6.67. The van der Waals surface area contributed by atoms with Crippen molar-refractivity contribution in [3.63, 3.8) is 0 Å². The molecule has 0 bridgehead atoms. The lowest BCUT2D eigenvalue weighted by Gasteiger charge is -2.23. The molecule has 0 aliphatic rings. The Hall–Kier alpha value is 0.01000. The van der Waals surface area contributed by atoms with E-state index in [9.17, 15) is 0 Å². The number of rotatable bonds is 4. The summed E-state index contributed by atoms with van der Waals surface area (Å²) in [4.78, 5) is 0. The van der Waals surface area contributed by atoms with Crippen molar-refractivity contribution >= 4 is 35.6 Å². The molecule has 0 saturated heterocycles. The molecule has 0 aliphatic heterocycles. The van der Waals surface area contributed by atoms with Crippen LogP contribution in [0.15, 0.2) is 18.2 Å². The Bertz CT molecular complexity index is 342. The first kappa shape index (κ1) is 16.0. The summed E-state index contributed by atoms with van der Waals surface area (Å²) in [5, 5.41) is 13.4. The van der Waals surface area contributed by atoms with Gasteiger partial charge in [-0.3, -0.25) is 0 Å². The first-order valence-corrected chi connectivity index (χ1v) is 5.50. The zero-order chi connectivity index (χ0) is 11.5.